The molecule has 0 unspecified atom stereocenters. The molecule has 0 amide bonds. The Kier molecular flexibility index (Phi) is 2.55. The Morgan fingerprint density at radius 1 is 0.692 bits per heavy atom. The molecule has 26 heavy (non-hydrogen) atoms. The first-order chi connectivity index (χ1) is 12.7. The monoisotopic (exact) mass is 344 g/mol. The summed E-state index contributed by atoms with van der Waals surface area (Å²) in [4.78, 5) is 0. The normalized spacial score (nSPS) is 30.7. The SMILES string of the molecule is C[N+]1=C2Nc3ccccc3[C@@]34CC[N+](C)=C3Nc3ccccc3[C@@]24CC1. The third-order valence-electron chi connectivity index (χ3n) is 7.22. The third kappa shape index (κ3) is 1.37. The van der Waals surface area contributed by atoms with Crippen LogP contribution in [0, 0.1) is 0 Å². The first kappa shape index (κ1) is 14.5. The number of rotatable bonds is 0. The Labute approximate surface area is 153 Å². The van der Waals surface area contributed by atoms with Crippen LogP contribution in [-0.4, -0.2) is 48.0 Å². The molecule has 6 rings (SSSR count). The second kappa shape index (κ2) is 4.56. The fourth-order valence-corrected chi connectivity index (χ4v) is 6.19. The molecule has 4 heterocycles. The van der Waals surface area contributed by atoms with Gasteiger partial charge in [0.2, 0.25) is 0 Å². The molecule has 0 fully saturated rings. The maximum absolute atomic E-state index is 3.84. The van der Waals surface area contributed by atoms with Gasteiger partial charge in [0.1, 0.15) is 22.2 Å². The molecule has 0 aromatic heterocycles. The van der Waals surface area contributed by atoms with Crippen LogP contribution in [-0.2, 0) is 10.8 Å². The van der Waals surface area contributed by atoms with Crippen LogP contribution in [0.15, 0.2) is 48.5 Å². The molecule has 0 saturated carbocycles. The minimum Gasteiger partial charge on any atom is -0.267 e. The summed E-state index contributed by atoms with van der Waals surface area (Å²) in [7, 11) is 4.48. The maximum Gasteiger partial charge on any atom is 0.262 e. The average Bonchev–Trinajstić information content (AvgIpc) is 3.18. The van der Waals surface area contributed by atoms with Gasteiger partial charge in [0, 0.05) is 24.0 Å². The Hall–Kier alpha value is -2.62. The zero-order valence-electron chi connectivity index (χ0n) is 15.3. The topological polar surface area (TPSA) is 30.1 Å². The van der Waals surface area contributed by atoms with Crippen LogP contribution in [0.1, 0.15) is 24.0 Å². The van der Waals surface area contributed by atoms with E-state index in [4.69, 9.17) is 0 Å². The van der Waals surface area contributed by atoms with E-state index < -0.39 is 0 Å². The zero-order chi connectivity index (χ0) is 17.5. The predicted molar refractivity (Wildman–Crippen MR) is 105 cm³/mol. The summed E-state index contributed by atoms with van der Waals surface area (Å²) in [6.45, 7) is 2.17. The van der Waals surface area contributed by atoms with E-state index >= 15 is 0 Å². The molecule has 4 aliphatic rings. The number of hydrogen-bond donors (Lipinski definition) is 2. The van der Waals surface area contributed by atoms with Crippen molar-refractivity contribution >= 4 is 23.0 Å². The molecule has 0 bridgehead atoms. The summed E-state index contributed by atoms with van der Waals surface area (Å²) >= 11 is 0. The molecule has 2 aromatic carbocycles. The van der Waals surface area contributed by atoms with Crippen LogP contribution in [0.25, 0.3) is 0 Å². The van der Waals surface area contributed by atoms with Gasteiger partial charge < -0.3 is 0 Å². The van der Waals surface area contributed by atoms with Gasteiger partial charge in [0.05, 0.1) is 27.2 Å². The molecule has 2 spiro atoms. The number of anilines is 2. The van der Waals surface area contributed by atoms with Gasteiger partial charge in [-0.15, -0.1) is 0 Å². The highest BCUT2D eigenvalue weighted by molar-refractivity contribution is 6.18. The smallest absolute Gasteiger partial charge is 0.262 e. The molecule has 130 valence electrons. The quantitative estimate of drug-likeness (QED) is 0.720. The summed E-state index contributed by atoms with van der Waals surface area (Å²) in [5, 5.41) is 7.69. The molecule has 0 aliphatic carbocycles. The summed E-state index contributed by atoms with van der Waals surface area (Å²) < 4.78 is 4.88. The number of hydrogen-bond acceptors (Lipinski definition) is 2. The van der Waals surface area contributed by atoms with Crippen LogP contribution in [0.5, 0.6) is 0 Å². The molecule has 4 aliphatic heterocycles. The minimum absolute atomic E-state index is 0.0158. The fraction of sp³-hybridized carbons (Fsp3) is 0.364. The highest BCUT2D eigenvalue weighted by Gasteiger charge is 2.74. The average molecular weight is 344 g/mol. The molecule has 4 nitrogen and oxygen atoms in total. The fourth-order valence-electron chi connectivity index (χ4n) is 6.19. The van der Waals surface area contributed by atoms with Gasteiger partial charge in [0.25, 0.3) is 11.7 Å². The van der Waals surface area contributed by atoms with Gasteiger partial charge in [-0.05, 0) is 12.1 Å². The molecule has 2 aromatic rings. The standard InChI is InChI=1S/C22H22N4/c1-25-13-11-21-15-7-3-6-10-18(15)24-20-22(21,12-14-26(20)2)16-8-4-5-9-17(16)23-19(21)25/h3-10H,11-14H2,1-2H3/p+2/t21-,22-/m0/s1. The summed E-state index contributed by atoms with van der Waals surface area (Å²) in [6, 6.07) is 17.8. The predicted octanol–water partition coefficient (Wildman–Crippen LogP) is 2.60. The van der Waals surface area contributed by atoms with E-state index in [-0.39, 0.29) is 10.8 Å². The summed E-state index contributed by atoms with van der Waals surface area (Å²) in [5.41, 5.74) is 5.39. The van der Waals surface area contributed by atoms with Crippen LogP contribution in [0.3, 0.4) is 0 Å². The number of fused-ring (bicyclic) bond motifs is 2. The molecule has 4 heteroatoms. The Bertz CT molecular complexity index is 950. The van der Waals surface area contributed by atoms with Crippen molar-refractivity contribution in [3.63, 3.8) is 0 Å². The van der Waals surface area contributed by atoms with Gasteiger partial charge in [-0.1, -0.05) is 36.4 Å². The van der Waals surface area contributed by atoms with Crippen molar-refractivity contribution in [2.24, 2.45) is 0 Å². The van der Waals surface area contributed by atoms with E-state index in [1.54, 1.807) is 0 Å². The zero-order valence-corrected chi connectivity index (χ0v) is 15.3. The molecule has 2 N–H and O–H groups in total. The lowest BCUT2D eigenvalue weighted by Gasteiger charge is -2.49. The molecule has 0 saturated heterocycles. The molecule has 2 atom stereocenters. The molecular weight excluding hydrogens is 320 g/mol. The van der Waals surface area contributed by atoms with Gasteiger partial charge in [-0.2, -0.15) is 0 Å². The van der Waals surface area contributed by atoms with Crippen LogP contribution >= 0.6 is 0 Å². The number of amidine groups is 2. The van der Waals surface area contributed by atoms with Gasteiger partial charge >= 0.3 is 0 Å². The van der Waals surface area contributed by atoms with Crippen molar-refractivity contribution in [1.29, 1.82) is 0 Å². The number of benzene rings is 2. The van der Waals surface area contributed by atoms with Gasteiger partial charge in [-0.25, -0.2) is 10.6 Å². The van der Waals surface area contributed by atoms with Crippen LogP contribution < -0.4 is 10.6 Å². The molecule has 0 radical (unpaired) electrons. The minimum atomic E-state index is -0.0158. The van der Waals surface area contributed by atoms with Crippen LogP contribution in [0.2, 0.25) is 0 Å². The van der Waals surface area contributed by atoms with Crippen molar-refractivity contribution in [1.82, 2.24) is 0 Å². The van der Waals surface area contributed by atoms with Crippen molar-refractivity contribution in [3.8, 4) is 0 Å². The van der Waals surface area contributed by atoms with Crippen molar-refractivity contribution in [2.75, 3.05) is 37.8 Å². The Morgan fingerprint density at radius 3 is 1.58 bits per heavy atom. The Balaban J connectivity index is 1.81. The third-order valence-corrected chi connectivity index (χ3v) is 7.22. The summed E-state index contributed by atoms with van der Waals surface area (Å²) in [6.07, 6.45) is 2.30. The van der Waals surface area contributed by atoms with Gasteiger partial charge in [0.15, 0.2) is 0 Å². The van der Waals surface area contributed by atoms with E-state index in [1.807, 2.05) is 0 Å². The summed E-state index contributed by atoms with van der Waals surface area (Å²) in [5.74, 6) is 2.75. The first-order valence-electron chi connectivity index (χ1n) is 9.59. The largest absolute Gasteiger partial charge is 0.267 e. The maximum atomic E-state index is 3.84. The molecular formula is C22H24N4+2. The van der Waals surface area contributed by atoms with E-state index in [9.17, 15) is 0 Å². The van der Waals surface area contributed by atoms with Crippen molar-refractivity contribution < 1.29 is 9.15 Å². The van der Waals surface area contributed by atoms with E-state index in [2.05, 4.69) is 82.4 Å². The number of nitrogens with one attached hydrogen (secondary N) is 2. The lowest BCUT2D eigenvalue weighted by molar-refractivity contribution is -0.488. The second-order valence-electron chi connectivity index (χ2n) is 8.19. The lowest BCUT2D eigenvalue weighted by Crippen LogP contribution is -2.65. The second-order valence-corrected chi connectivity index (χ2v) is 8.19. The van der Waals surface area contributed by atoms with E-state index in [0.29, 0.717) is 0 Å². The highest BCUT2D eigenvalue weighted by Crippen LogP contribution is 2.61. The van der Waals surface area contributed by atoms with Crippen LogP contribution in [0.4, 0.5) is 11.4 Å². The lowest BCUT2D eigenvalue weighted by atomic mass is 9.51. The van der Waals surface area contributed by atoms with Crippen molar-refractivity contribution in [2.45, 2.75) is 23.7 Å². The number of para-hydroxylation sites is 2. The Morgan fingerprint density at radius 2 is 1.12 bits per heavy atom. The number of nitrogens with zero attached hydrogens (tertiary/aromatic N) is 2. The first-order valence-corrected chi connectivity index (χ1v) is 9.59. The van der Waals surface area contributed by atoms with E-state index in [0.717, 1.165) is 25.9 Å². The van der Waals surface area contributed by atoms with E-state index in [1.165, 1.54) is 34.2 Å². The van der Waals surface area contributed by atoms with Crippen molar-refractivity contribution in [3.05, 3.63) is 59.7 Å². The highest BCUT2D eigenvalue weighted by atomic mass is 15.2. The van der Waals surface area contributed by atoms with Gasteiger partial charge in [-0.3, -0.25) is 9.15 Å².